The first-order valence-electron chi connectivity index (χ1n) is 3.86. The highest BCUT2D eigenvalue weighted by Gasteiger charge is 2.02. The van der Waals surface area contributed by atoms with Crippen LogP contribution in [0.2, 0.25) is 0 Å². The summed E-state index contributed by atoms with van der Waals surface area (Å²) in [5, 5.41) is 10.8. The fraction of sp³-hybridized carbons (Fsp3) is 1.00. The van der Waals surface area contributed by atoms with E-state index in [4.69, 9.17) is 5.11 Å². The molecule has 1 atom stereocenters. The standard InChI is InChI=1S/C7H18N2O/c1-4-9(5-2)8-7(3)6-10/h7-8,10H,4-6H2,1-3H3. The molecule has 0 saturated heterocycles. The second kappa shape index (κ2) is 5.65. The van der Waals surface area contributed by atoms with Gasteiger partial charge in [0.1, 0.15) is 0 Å². The minimum absolute atomic E-state index is 0.167. The fourth-order valence-electron chi connectivity index (χ4n) is 0.759. The Morgan fingerprint density at radius 1 is 1.40 bits per heavy atom. The van der Waals surface area contributed by atoms with Gasteiger partial charge < -0.3 is 5.11 Å². The van der Waals surface area contributed by atoms with Crippen LogP contribution in [0.3, 0.4) is 0 Å². The number of nitrogens with zero attached hydrogens (tertiary/aromatic N) is 1. The molecule has 10 heavy (non-hydrogen) atoms. The van der Waals surface area contributed by atoms with Crippen LogP contribution in [0.25, 0.3) is 0 Å². The van der Waals surface area contributed by atoms with Crippen LogP contribution in [0.1, 0.15) is 20.8 Å². The lowest BCUT2D eigenvalue weighted by Crippen LogP contribution is -2.44. The second-order valence-corrected chi connectivity index (χ2v) is 2.39. The number of aliphatic hydroxyl groups is 1. The molecule has 0 aromatic heterocycles. The highest BCUT2D eigenvalue weighted by atomic mass is 16.3. The Bertz CT molecular complexity index is 74.0. The second-order valence-electron chi connectivity index (χ2n) is 2.39. The fourth-order valence-corrected chi connectivity index (χ4v) is 0.759. The van der Waals surface area contributed by atoms with Gasteiger partial charge in [0.15, 0.2) is 0 Å². The zero-order valence-corrected chi connectivity index (χ0v) is 7.09. The number of hydrazine groups is 1. The molecule has 1 unspecified atom stereocenters. The zero-order valence-electron chi connectivity index (χ0n) is 7.09. The summed E-state index contributed by atoms with van der Waals surface area (Å²) >= 11 is 0. The predicted molar refractivity (Wildman–Crippen MR) is 42.6 cm³/mol. The quantitative estimate of drug-likeness (QED) is 0.544. The van der Waals surface area contributed by atoms with E-state index in [-0.39, 0.29) is 12.6 Å². The van der Waals surface area contributed by atoms with Crippen molar-refractivity contribution in [2.45, 2.75) is 26.8 Å². The van der Waals surface area contributed by atoms with Gasteiger partial charge in [-0.25, -0.2) is 5.01 Å². The molecular formula is C7H18N2O. The Labute approximate surface area is 63.0 Å². The number of hydrogen-bond donors (Lipinski definition) is 2. The molecule has 0 amide bonds. The lowest BCUT2D eigenvalue weighted by Gasteiger charge is -2.23. The van der Waals surface area contributed by atoms with E-state index >= 15 is 0 Å². The molecule has 0 aromatic carbocycles. The number of nitrogens with one attached hydrogen (secondary N) is 1. The molecule has 3 nitrogen and oxygen atoms in total. The first-order chi connectivity index (χ1) is 4.74. The minimum Gasteiger partial charge on any atom is -0.395 e. The molecule has 0 rings (SSSR count). The van der Waals surface area contributed by atoms with Crippen LogP contribution in [-0.2, 0) is 0 Å². The Kier molecular flexibility index (Phi) is 5.58. The van der Waals surface area contributed by atoms with Gasteiger partial charge >= 0.3 is 0 Å². The molecule has 0 aliphatic rings. The van der Waals surface area contributed by atoms with E-state index in [2.05, 4.69) is 24.3 Å². The van der Waals surface area contributed by atoms with Gasteiger partial charge in [0.25, 0.3) is 0 Å². The van der Waals surface area contributed by atoms with E-state index < -0.39 is 0 Å². The number of hydrogen-bond acceptors (Lipinski definition) is 3. The summed E-state index contributed by atoms with van der Waals surface area (Å²) in [4.78, 5) is 0. The van der Waals surface area contributed by atoms with E-state index in [0.717, 1.165) is 13.1 Å². The van der Waals surface area contributed by atoms with Crippen LogP contribution >= 0.6 is 0 Å². The van der Waals surface area contributed by atoms with Crippen molar-refractivity contribution in [1.29, 1.82) is 0 Å². The SMILES string of the molecule is CCN(CC)NC(C)CO. The normalized spacial score (nSPS) is 14.1. The van der Waals surface area contributed by atoms with Gasteiger partial charge in [0.05, 0.1) is 6.61 Å². The van der Waals surface area contributed by atoms with E-state index in [1.54, 1.807) is 0 Å². The number of rotatable bonds is 5. The van der Waals surface area contributed by atoms with E-state index in [0.29, 0.717) is 0 Å². The molecule has 0 aliphatic heterocycles. The van der Waals surface area contributed by atoms with Crippen LogP contribution in [0.5, 0.6) is 0 Å². The van der Waals surface area contributed by atoms with Gasteiger partial charge in [-0.15, -0.1) is 0 Å². The van der Waals surface area contributed by atoms with Crippen LogP contribution < -0.4 is 5.43 Å². The maximum absolute atomic E-state index is 8.69. The Morgan fingerprint density at radius 3 is 2.20 bits per heavy atom. The van der Waals surface area contributed by atoms with Gasteiger partial charge in [0, 0.05) is 19.1 Å². The van der Waals surface area contributed by atoms with Crippen LogP contribution in [0.15, 0.2) is 0 Å². The highest BCUT2D eigenvalue weighted by molar-refractivity contribution is 4.55. The Morgan fingerprint density at radius 2 is 1.90 bits per heavy atom. The zero-order chi connectivity index (χ0) is 7.98. The smallest absolute Gasteiger partial charge is 0.0595 e. The summed E-state index contributed by atoms with van der Waals surface area (Å²) in [7, 11) is 0. The van der Waals surface area contributed by atoms with Crippen molar-refractivity contribution < 1.29 is 5.11 Å². The first kappa shape index (κ1) is 9.88. The summed E-state index contributed by atoms with van der Waals surface area (Å²) in [6.07, 6.45) is 0. The van der Waals surface area contributed by atoms with Crippen molar-refractivity contribution in [3.8, 4) is 0 Å². The molecule has 0 heterocycles. The summed E-state index contributed by atoms with van der Waals surface area (Å²) < 4.78 is 0. The summed E-state index contributed by atoms with van der Waals surface area (Å²) in [6.45, 7) is 8.26. The van der Waals surface area contributed by atoms with Crippen molar-refractivity contribution >= 4 is 0 Å². The third-order valence-electron chi connectivity index (χ3n) is 1.44. The van der Waals surface area contributed by atoms with Crippen molar-refractivity contribution in [3.63, 3.8) is 0 Å². The van der Waals surface area contributed by atoms with E-state index in [1.807, 2.05) is 6.92 Å². The molecule has 0 saturated carbocycles. The van der Waals surface area contributed by atoms with Crippen molar-refractivity contribution in [1.82, 2.24) is 10.4 Å². The third kappa shape index (κ3) is 3.82. The van der Waals surface area contributed by atoms with Crippen molar-refractivity contribution in [2.75, 3.05) is 19.7 Å². The van der Waals surface area contributed by atoms with Crippen LogP contribution in [0, 0.1) is 0 Å². The van der Waals surface area contributed by atoms with Crippen LogP contribution in [0.4, 0.5) is 0 Å². The average Bonchev–Trinajstić information content (AvgIpc) is 1.99. The lowest BCUT2D eigenvalue weighted by molar-refractivity contribution is 0.139. The van der Waals surface area contributed by atoms with Gasteiger partial charge in [-0.3, -0.25) is 5.43 Å². The monoisotopic (exact) mass is 146 g/mol. The third-order valence-corrected chi connectivity index (χ3v) is 1.44. The molecular weight excluding hydrogens is 128 g/mol. The molecule has 3 heteroatoms. The maximum Gasteiger partial charge on any atom is 0.0595 e. The number of aliphatic hydroxyl groups excluding tert-OH is 1. The van der Waals surface area contributed by atoms with Gasteiger partial charge in [0.2, 0.25) is 0 Å². The first-order valence-corrected chi connectivity index (χ1v) is 3.86. The average molecular weight is 146 g/mol. The molecule has 0 radical (unpaired) electrons. The predicted octanol–water partition coefficient (Wildman–Crippen LogP) is 0.214. The summed E-state index contributed by atoms with van der Waals surface area (Å²) in [5.74, 6) is 0. The lowest BCUT2D eigenvalue weighted by atomic mass is 10.4. The largest absolute Gasteiger partial charge is 0.395 e. The van der Waals surface area contributed by atoms with Crippen molar-refractivity contribution in [3.05, 3.63) is 0 Å². The maximum atomic E-state index is 8.69. The van der Waals surface area contributed by atoms with Gasteiger partial charge in [-0.05, 0) is 6.92 Å². The van der Waals surface area contributed by atoms with E-state index in [9.17, 15) is 0 Å². The molecule has 0 spiro atoms. The molecule has 0 aromatic rings. The molecule has 0 aliphatic carbocycles. The summed E-state index contributed by atoms with van der Waals surface area (Å²) in [5.41, 5.74) is 3.15. The molecule has 0 bridgehead atoms. The molecule has 2 N–H and O–H groups in total. The topological polar surface area (TPSA) is 35.5 Å². The molecule has 0 fully saturated rings. The van der Waals surface area contributed by atoms with Crippen molar-refractivity contribution in [2.24, 2.45) is 0 Å². The van der Waals surface area contributed by atoms with E-state index in [1.165, 1.54) is 0 Å². The minimum atomic E-state index is 0.167. The van der Waals surface area contributed by atoms with Gasteiger partial charge in [-0.2, -0.15) is 0 Å². The molecule has 62 valence electrons. The Hall–Kier alpha value is -0.120. The van der Waals surface area contributed by atoms with Crippen LogP contribution in [-0.4, -0.2) is 35.9 Å². The Balaban J connectivity index is 3.41. The van der Waals surface area contributed by atoms with Gasteiger partial charge in [-0.1, -0.05) is 13.8 Å². The summed E-state index contributed by atoms with van der Waals surface area (Å²) in [6, 6.07) is 0.167. The highest BCUT2D eigenvalue weighted by Crippen LogP contribution is 1.84.